The van der Waals surface area contributed by atoms with Crippen molar-refractivity contribution in [3.63, 3.8) is 0 Å². The highest BCUT2D eigenvalue weighted by Crippen LogP contribution is 2.48. The minimum Gasteiger partial charge on any atom is -0.445 e. The lowest BCUT2D eigenvalue weighted by atomic mass is 9.70. The summed E-state index contributed by atoms with van der Waals surface area (Å²) in [7, 11) is 0. The normalized spacial score (nSPS) is 23.0. The molecule has 3 rings (SSSR count). The summed E-state index contributed by atoms with van der Waals surface area (Å²) < 4.78 is 6.74. The topological polar surface area (TPSA) is 78.3 Å². The Labute approximate surface area is 155 Å². The molecule has 6 heteroatoms. The van der Waals surface area contributed by atoms with Crippen molar-refractivity contribution in [1.82, 2.24) is 0 Å². The molecule has 1 unspecified atom stereocenters. The first-order chi connectivity index (χ1) is 11.2. The molecule has 0 aromatic heterocycles. The molecule has 1 aliphatic heterocycles. The summed E-state index contributed by atoms with van der Waals surface area (Å²) in [5, 5.41) is 0. The van der Waals surface area contributed by atoms with Gasteiger partial charge in [0.15, 0.2) is 11.7 Å². The molecule has 0 saturated heterocycles. The molecule has 0 radical (unpaired) electrons. The van der Waals surface area contributed by atoms with Crippen LogP contribution in [0.15, 0.2) is 51.5 Å². The second-order valence-corrected chi connectivity index (χ2v) is 8.36. The van der Waals surface area contributed by atoms with Crippen LogP contribution in [0.5, 0.6) is 0 Å². The summed E-state index contributed by atoms with van der Waals surface area (Å²) in [5.41, 5.74) is 13.9. The summed E-state index contributed by atoms with van der Waals surface area (Å²) >= 11 is 8.62. The molecule has 126 valence electrons. The highest BCUT2D eigenvalue weighted by atomic mass is 79.9. The Morgan fingerprint density at radius 3 is 2.50 bits per heavy atom. The zero-order valence-corrected chi connectivity index (χ0v) is 16.0. The average Bonchev–Trinajstić information content (AvgIpc) is 2.44. The van der Waals surface area contributed by atoms with Gasteiger partial charge in [0, 0.05) is 28.8 Å². The Hall–Kier alpha value is -1.66. The predicted molar refractivity (Wildman–Crippen MR) is 101 cm³/mol. The number of carbonyl (C=O) groups excluding carboxylic acids is 1. The molecular weight excluding hydrogens is 388 g/mol. The van der Waals surface area contributed by atoms with Crippen molar-refractivity contribution in [3.8, 4) is 0 Å². The minimum atomic E-state index is -0.372. The summed E-state index contributed by atoms with van der Waals surface area (Å²) in [6, 6.07) is 7.75. The van der Waals surface area contributed by atoms with E-state index in [-0.39, 0.29) is 28.0 Å². The lowest BCUT2D eigenvalue weighted by Gasteiger charge is -2.38. The van der Waals surface area contributed by atoms with E-state index in [0.29, 0.717) is 29.7 Å². The van der Waals surface area contributed by atoms with Gasteiger partial charge in [0.25, 0.3) is 0 Å². The molecule has 1 heterocycles. The zero-order chi connectivity index (χ0) is 17.6. The number of hydrogen-bond acceptors (Lipinski definition) is 4. The number of halogens is 1. The highest BCUT2D eigenvalue weighted by Gasteiger charge is 2.43. The summed E-state index contributed by atoms with van der Waals surface area (Å²) in [6.45, 7) is 4.10. The third kappa shape index (κ3) is 3.00. The lowest BCUT2D eigenvalue weighted by Crippen LogP contribution is -2.36. The second-order valence-electron chi connectivity index (χ2n) is 7.01. The van der Waals surface area contributed by atoms with Crippen LogP contribution in [0, 0.1) is 5.41 Å². The van der Waals surface area contributed by atoms with Crippen LogP contribution in [-0.4, -0.2) is 10.8 Å². The first kappa shape index (κ1) is 17.2. The van der Waals surface area contributed by atoms with Gasteiger partial charge in [-0.15, -0.1) is 0 Å². The maximum absolute atomic E-state index is 12.9. The van der Waals surface area contributed by atoms with E-state index >= 15 is 0 Å². The monoisotopic (exact) mass is 406 g/mol. The fraction of sp³-hybridized carbons (Fsp3) is 0.333. The Bertz CT molecular complexity index is 794. The van der Waals surface area contributed by atoms with E-state index < -0.39 is 0 Å². The maximum atomic E-state index is 12.9. The van der Waals surface area contributed by atoms with Gasteiger partial charge in [0.05, 0.1) is 5.57 Å². The van der Waals surface area contributed by atoms with Gasteiger partial charge in [-0.3, -0.25) is 4.79 Å². The average molecular weight is 407 g/mol. The molecule has 4 N–H and O–H groups in total. The minimum absolute atomic E-state index is 0.0652. The first-order valence-corrected chi connectivity index (χ1v) is 8.89. The van der Waals surface area contributed by atoms with E-state index in [1.807, 2.05) is 24.3 Å². The Balaban J connectivity index is 2.19. The van der Waals surface area contributed by atoms with Gasteiger partial charge < -0.3 is 16.2 Å². The second kappa shape index (κ2) is 6.01. The lowest BCUT2D eigenvalue weighted by molar-refractivity contribution is -0.119. The van der Waals surface area contributed by atoms with Gasteiger partial charge in [-0.2, -0.15) is 0 Å². The van der Waals surface area contributed by atoms with Crippen LogP contribution in [0.3, 0.4) is 0 Å². The number of thiocarbonyl (C=S) groups is 1. The van der Waals surface area contributed by atoms with Crippen LogP contribution in [0.2, 0.25) is 0 Å². The molecule has 0 amide bonds. The number of hydrogen-bond donors (Lipinski definition) is 2. The van der Waals surface area contributed by atoms with Gasteiger partial charge in [-0.05, 0) is 23.1 Å². The molecule has 2 aliphatic rings. The van der Waals surface area contributed by atoms with Crippen LogP contribution in [0.25, 0.3) is 0 Å². The molecule has 0 fully saturated rings. The highest BCUT2D eigenvalue weighted by molar-refractivity contribution is 9.10. The molecule has 1 atom stereocenters. The number of nitrogens with two attached hydrogens (primary N) is 2. The van der Waals surface area contributed by atoms with Gasteiger partial charge in [0.1, 0.15) is 10.7 Å². The molecule has 1 aromatic carbocycles. The quantitative estimate of drug-likeness (QED) is 0.732. The third-order valence-corrected chi connectivity index (χ3v) is 5.17. The zero-order valence-electron chi connectivity index (χ0n) is 13.6. The molecule has 4 nitrogen and oxygen atoms in total. The molecule has 24 heavy (non-hydrogen) atoms. The van der Waals surface area contributed by atoms with Gasteiger partial charge in [0.2, 0.25) is 0 Å². The smallest absolute Gasteiger partial charge is 0.197 e. The predicted octanol–water partition coefficient (Wildman–Crippen LogP) is 3.66. The van der Waals surface area contributed by atoms with E-state index in [1.165, 1.54) is 0 Å². The fourth-order valence-corrected chi connectivity index (χ4v) is 3.90. The van der Waals surface area contributed by atoms with E-state index in [9.17, 15) is 4.79 Å². The number of ether oxygens (including phenoxy) is 1. The van der Waals surface area contributed by atoms with Gasteiger partial charge in [-0.1, -0.05) is 54.1 Å². The SMILES string of the molecule is CC1(C)CC(=O)C2=C(C1)OC(N)=C(C(N)=S)C2c1ccc(Br)cc1. The number of benzene rings is 1. The molecule has 0 saturated carbocycles. The van der Waals surface area contributed by atoms with E-state index in [2.05, 4.69) is 29.8 Å². The van der Waals surface area contributed by atoms with Crippen LogP contribution >= 0.6 is 28.1 Å². The fourth-order valence-electron chi connectivity index (χ4n) is 3.42. The number of rotatable bonds is 2. The number of Topliss-reactive ketones (excluding diaryl/α,β-unsaturated/α-hetero) is 1. The van der Waals surface area contributed by atoms with E-state index in [1.54, 1.807) is 0 Å². The van der Waals surface area contributed by atoms with Crippen LogP contribution in [0.4, 0.5) is 0 Å². The van der Waals surface area contributed by atoms with Gasteiger partial charge >= 0.3 is 0 Å². The van der Waals surface area contributed by atoms with Crippen LogP contribution in [0.1, 0.15) is 38.2 Å². The molecule has 1 aliphatic carbocycles. The van der Waals surface area contributed by atoms with E-state index in [0.717, 1.165) is 10.0 Å². The summed E-state index contributed by atoms with van der Waals surface area (Å²) in [4.78, 5) is 13.0. The largest absolute Gasteiger partial charge is 0.445 e. The summed E-state index contributed by atoms with van der Waals surface area (Å²) in [6.07, 6.45) is 1.12. The Morgan fingerprint density at radius 2 is 1.92 bits per heavy atom. The Morgan fingerprint density at radius 1 is 1.29 bits per heavy atom. The van der Waals surface area contributed by atoms with Crippen LogP contribution < -0.4 is 11.5 Å². The summed E-state index contributed by atoms with van der Waals surface area (Å²) in [5.74, 6) is 0.528. The van der Waals surface area contributed by atoms with E-state index in [4.69, 9.17) is 28.4 Å². The molecule has 0 bridgehead atoms. The van der Waals surface area contributed by atoms with Crippen LogP contribution in [-0.2, 0) is 9.53 Å². The molecule has 0 spiro atoms. The van der Waals surface area contributed by atoms with Crippen molar-refractivity contribution in [2.75, 3.05) is 0 Å². The third-order valence-electron chi connectivity index (χ3n) is 4.42. The first-order valence-electron chi connectivity index (χ1n) is 7.68. The van der Waals surface area contributed by atoms with Gasteiger partial charge in [-0.25, -0.2) is 0 Å². The van der Waals surface area contributed by atoms with Crippen molar-refractivity contribution in [3.05, 3.63) is 57.1 Å². The Kier molecular flexibility index (Phi) is 4.30. The van der Waals surface area contributed by atoms with Crippen molar-refractivity contribution < 1.29 is 9.53 Å². The number of ketones is 1. The van der Waals surface area contributed by atoms with Crippen molar-refractivity contribution >= 4 is 38.9 Å². The standard InChI is InChI=1S/C18H19BrN2O2S/c1-18(2)7-11(22)14-12(8-18)23-16(20)15(17(21)24)13(14)9-3-5-10(19)6-4-9/h3-6,13H,7-8,20H2,1-2H3,(H2,21,24). The molecule has 1 aromatic rings. The molecular formula is C18H19BrN2O2S. The van der Waals surface area contributed by atoms with Crippen molar-refractivity contribution in [2.24, 2.45) is 16.9 Å². The number of allylic oxidation sites excluding steroid dienone is 2. The van der Waals surface area contributed by atoms with Crippen molar-refractivity contribution in [2.45, 2.75) is 32.6 Å². The number of carbonyl (C=O) groups is 1. The van der Waals surface area contributed by atoms with Crippen molar-refractivity contribution in [1.29, 1.82) is 0 Å². The maximum Gasteiger partial charge on any atom is 0.197 e.